The van der Waals surface area contributed by atoms with Gasteiger partial charge in [-0.1, -0.05) is 0 Å². The van der Waals surface area contributed by atoms with Gasteiger partial charge in [-0.15, -0.1) is 0 Å². The summed E-state index contributed by atoms with van der Waals surface area (Å²) in [5, 5.41) is 12.8. The molecule has 0 saturated carbocycles. The van der Waals surface area contributed by atoms with E-state index >= 15 is 0 Å². The van der Waals surface area contributed by atoms with E-state index in [2.05, 4.69) is 15.3 Å². The van der Waals surface area contributed by atoms with Crippen LogP contribution in [0.1, 0.15) is 39.2 Å². The molecule has 22 heavy (non-hydrogen) atoms. The second-order valence-electron chi connectivity index (χ2n) is 6.45. The van der Waals surface area contributed by atoms with Crippen molar-refractivity contribution in [1.82, 2.24) is 20.2 Å². The highest BCUT2D eigenvalue weighted by Gasteiger charge is 2.22. The number of ether oxygens (including phenoxy) is 1. The zero-order chi connectivity index (χ0) is 16.8. The van der Waals surface area contributed by atoms with Crippen molar-refractivity contribution in [1.29, 1.82) is 0 Å². The largest absolute Gasteiger partial charge is 0.444 e. The third kappa shape index (κ3) is 7.42. The van der Waals surface area contributed by atoms with Crippen molar-refractivity contribution in [3.63, 3.8) is 0 Å². The molecule has 0 radical (unpaired) electrons. The van der Waals surface area contributed by atoms with E-state index in [1.807, 2.05) is 27.7 Å². The molecule has 0 aliphatic heterocycles. The Morgan fingerprint density at radius 2 is 2.23 bits per heavy atom. The number of nitrogens with zero attached hydrogens (tertiary/aromatic N) is 2. The highest BCUT2D eigenvalue weighted by molar-refractivity contribution is 5.68. The van der Waals surface area contributed by atoms with Gasteiger partial charge >= 0.3 is 6.09 Å². The summed E-state index contributed by atoms with van der Waals surface area (Å²) in [6.07, 6.45) is 0.777. The van der Waals surface area contributed by atoms with Gasteiger partial charge in [0, 0.05) is 38.1 Å². The minimum Gasteiger partial charge on any atom is -0.444 e. The maximum Gasteiger partial charge on any atom is 0.410 e. The Labute approximate surface area is 132 Å². The maximum atomic E-state index is 12.1. The number of imidazole rings is 1. The van der Waals surface area contributed by atoms with Crippen molar-refractivity contribution in [2.45, 2.75) is 52.9 Å². The molecule has 7 nitrogen and oxygen atoms in total. The number of aromatic nitrogens is 2. The number of aryl methyl sites for hydroxylation is 1. The van der Waals surface area contributed by atoms with Crippen molar-refractivity contribution in [3.8, 4) is 0 Å². The fourth-order valence-corrected chi connectivity index (χ4v) is 1.90. The Kier molecular flexibility index (Phi) is 6.83. The summed E-state index contributed by atoms with van der Waals surface area (Å²) in [7, 11) is 0. The molecule has 0 bridgehead atoms. The van der Waals surface area contributed by atoms with Crippen LogP contribution in [-0.2, 0) is 11.3 Å². The summed E-state index contributed by atoms with van der Waals surface area (Å²) in [5.41, 5.74) is 0.450. The van der Waals surface area contributed by atoms with Crippen molar-refractivity contribution in [2.75, 3.05) is 19.6 Å². The fraction of sp³-hybridized carbons (Fsp3) is 0.733. The lowest BCUT2D eigenvalue weighted by Gasteiger charge is -2.28. The van der Waals surface area contributed by atoms with Crippen molar-refractivity contribution in [2.24, 2.45) is 0 Å². The normalized spacial score (nSPS) is 13.0. The van der Waals surface area contributed by atoms with Crippen LogP contribution in [0.4, 0.5) is 4.79 Å². The van der Waals surface area contributed by atoms with Crippen LogP contribution in [0.3, 0.4) is 0 Å². The number of amides is 1. The number of H-pyrrole nitrogens is 1. The van der Waals surface area contributed by atoms with Crippen LogP contribution >= 0.6 is 0 Å². The topological polar surface area (TPSA) is 90.5 Å². The van der Waals surface area contributed by atoms with Gasteiger partial charge < -0.3 is 25.0 Å². The maximum absolute atomic E-state index is 12.1. The molecule has 0 spiro atoms. The lowest BCUT2D eigenvalue weighted by atomic mass is 10.2. The summed E-state index contributed by atoms with van der Waals surface area (Å²) in [4.78, 5) is 20.9. The SMILES string of the molecule is Cc1ncc(CNCCN(CC(C)O)C(=O)OC(C)(C)C)[nH]1. The van der Waals surface area contributed by atoms with Gasteiger partial charge in [-0.3, -0.25) is 0 Å². The minimum atomic E-state index is -0.595. The number of aromatic amines is 1. The second-order valence-corrected chi connectivity index (χ2v) is 6.45. The van der Waals surface area contributed by atoms with E-state index in [1.165, 1.54) is 4.90 Å². The molecule has 0 fully saturated rings. The highest BCUT2D eigenvalue weighted by Crippen LogP contribution is 2.10. The highest BCUT2D eigenvalue weighted by atomic mass is 16.6. The fourth-order valence-electron chi connectivity index (χ4n) is 1.90. The van der Waals surface area contributed by atoms with E-state index < -0.39 is 17.8 Å². The lowest BCUT2D eigenvalue weighted by Crippen LogP contribution is -2.43. The number of aliphatic hydroxyl groups is 1. The predicted octanol–water partition coefficient (Wildman–Crippen LogP) is 1.43. The molecule has 126 valence electrons. The Hall–Kier alpha value is -1.60. The summed E-state index contributed by atoms with van der Waals surface area (Å²) in [5.74, 6) is 0.876. The molecule has 1 amide bonds. The average molecular weight is 312 g/mol. The van der Waals surface area contributed by atoms with E-state index in [1.54, 1.807) is 13.1 Å². The molecule has 1 unspecified atom stereocenters. The summed E-state index contributed by atoms with van der Waals surface area (Å²) in [6, 6.07) is 0. The van der Waals surface area contributed by atoms with Crippen LogP contribution in [0.2, 0.25) is 0 Å². The average Bonchev–Trinajstić information content (AvgIpc) is 2.76. The third-order valence-corrected chi connectivity index (χ3v) is 2.77. The van der Waals surface area contributed by atoms with Gasteiger partial charge in [0.1, 0.15) is 11.4 Å². The summed E-state index contributed by atoms with van der Waals surface area (Å²) >= 11 is 0. The summed E-state index contributed by atoms with van der Waals surface area (Å²) in [6.45, 7) is 11.0. The zero-order valence-corrected chi connectivity index (χ0v) is 14.1. The Balaban J connectivity index is 2.42. The van der Waals surface area contributed by atoms with Crippen LogP contribution in [0.15, 0.2) is 6.20 Å². The zero-order valence-electron chi connectivity index (χ0n) is 14.1. The molecule has 1 aromatic heterocycles. The Morgan fingerprint density at radius 1 is 1.55 bits per heavy atom. The summed E-state index contributed by atoms with van der Waals surface area (Å²) < 4.78 is 5.35. The van der Waals surface area contributed by atoms with Gasteiger partial charge in [-0.25, -0.2) is 9.78 Å². The van der Waals surface area contributed by atoms with E-state index in [-0.39, 0.29) is 6.54 Å². The molecule has 1 aromatic rings. The first-order valence-electron chi connectivity index (χ1n) is 7.54. The number of aliphatic hydroxyl groups excluding tert-OH is 1. The van der Waals surface area contributed by atoms with Gasteiger partial charge in [0.25, 0.3) is 0 Å². The number of carbonyl (C=O) groups is 1. The van der Waals surface area contributed by atoms with Crippen LogP contribution in [0, 0.1) is 6.92 Å². The third-order valence-electron chi connectivity index (χ3n) is 2.77. The lowest BCUT2D eigenvalue weighted by molar-refractivity contribution is 0.0164. The van der Waals surface area contributed by atoms with E-state index in [9.17, 15) is 9.90 Å². The van der Waals surface area contributed by atoms with Gasteiger partial charge in [0.2, 0.25) is 0 Å². The first-order chi connectivity index (χ1) is 10.2. The molecule has 1 heterocycles. The quantitative estimate of drug-likeness (QED) is 0.663. The van der Waals surface area contributed by atoms with Gasteiger partial charge in [0.05, 0.1) is 6.10 Å². The first kappa shape index (κ1) is 18.4. The van der Waals surface area contributed by atoms with Gasteiger partial charge in [-0.2, -0.15) is 0 Å². The van der Waals surface area contributed by atoms with Crippen molar-refractivity contribution < 1.29 is 14.6 Å². The molecule has 1 atom stereocenters. The molecule has 0 aliphatic carbocycles. The number of nitrogens with one attached hydrogen (secondary N) is 2. The molecule has 1 rings (SSSR count). The van der Waals surface area contributed by atoms with Crippen LogP contribution in [0.25, 0.3) is 0 Å². The molecular formula is C15H28N4O3. The molecule has 7 heteroatoms. The molecule has 0 saturated heterocycles. The number of rotatable bonds is 7. The van der Waals surface area contributed by atoms with E-state index in [4.69, 9.17) is 4.74 Å². The number of hydrogen-bond donors (Lipinski definition) is 3. The number of hydrogen-bond acceptors (Lipinski definition) is 5. The molecule has 0 aliphatic rings. The van der Waals surface area contributed by atoms with Crippen LogP contribution in [0.5, 0.6) is 0 Å². The van der Waals surface area contributed by atoms with Crippen LogP contribution < -0.4 is 5.32 Å². The molecule has 3 N–H and O–H groups in total. The van der Waals surface area contributed by atoms with Gasteiger partial charge in [0.15, 0.2) is 0 Å². The van der Waals surface area contributed by atoms with E-state index in [0.29, 0.717) is 19.6 Å². The molecule has 0 aromatic carbocycles. The van der Waals surface area contributed by atoms with Crippen molar-refractivity contribution in [3.05, 3.63) is 17.7 Å². The number of carbonyl (C=O) groups excluding carboxylic acids is 1. The van der Waals surface area contributed by atoms with Crippen LogP contribution in [-0.4, -0.2) is 57.4 Å². The second kappa shape index (κ2) is 8.14. The monoisotopic (exact) mass is 312 g/mol. The van der Waals surface area contributed by atoms with Crippen molar-refractivity contribution >= 4 is 6.09 Å². The molecular weight excluding hydrogens is 284 g/mol. The van der Waals surface area contributed by atoms with E-state index in [0.717, 1.165) is 11.5 Å². The smallest absolute Gasteiger partial charge is 0.410 e. The first-order valence-corrected chi connectivity index (χ1v) is 7.54. The standard InChI is InChI=1S/C15H28N4O3/c1-11(20)10-19(14(21)22-15(3,4)5)7-6-16-8-13-9-17-12(2)18-13/h9,11,16,20H,6-8,10H2,1-5H3,(H,17,18). The van der Waals surface area contributed by atoms with Gasteiger partial charge in [-0.05, 0) is 34.6 Å². The Morgan fingerprint density at radius 3 is 2.73 bits per heavy atom. The Bertz CT molecular complexity index is 466. The minimum absolute atomic E-state index is 0.250. The predicted molar refractivity (Wildman–Crippen MR) is 84.5 cm³/mol.